The van der Waals surface area contributed by atoms with Crippen LogP contribution in [0.15, 0.2) is 48.8 Å². The minimum atomic E-state index is -4.58. The summed E-state index contributed by atoms with van der Waals surface area (Å²) in [7, 11) is 1.17. The average molecular weight is 499 g/mol. The molecule has 1 aliphatic rings. The lowest BCUT2D eigenvalue weighted by atomic mass is 10.0. The summed E-state index contributed by atoms with van der Waals surface area (Å²) in [6, 6.07) is 8.57. The summed E-state index contributed by atoms with van der Waals surface area (Å²) in [5, 5.41) is 2.76. The number of Topliss-reactive ketones (excluding diaryl/α,β-unsaturated/α-hetero) is 1. The number of hydrogen-bond donors (Lipinski definition) is 1. The molecule has 1 aromatic carbocycles. The molecule has 3 aromatic rings. The number of amides is 1. The fraction of sp³-hybridized carbons (Fsp3) is 0.308. The van der Waals surface area contributed by atoms with E-state index in [0.29, 0.717) is 28.6 Å². The highest BCUT2D eigenvalue weighted by Crippen LogP contribution is 2.37. The quantitative estimate of drug-likeness (QED) is 0.429. The third-order valence-electron chi connectivity index (χ3n) is 5.60. The topological polar surface area (TPSA) is 90.4 Å². The van der Waals surface area contributed by atoms with E-state index in [9.17, 15) is 22.8 Å². The van der Waals surface area contributed by atoms with E-state index in [4.69, 9.17) is 9.47 Å². The molecule has 188 valence electrons. The number of ketones is 1. The van der Waals surface area contributed by atoms with Gasteiger partial charge < -0.3 is 14.8 Å². The molecule has 10 heteroatoms. The first-order chi connectivity index (χ1) is 17.1. The molecule has 1 aliphatic carbocycles. The third-order valence-corrected chi connectivity index (χ3v) is 5.60. The Morgan fingerprint density at radius 1 is 1.06 bits per heavy atom. The molecule has 1 amide bonds. The second-order valence-corrected chi connectivity index (χ2v) is 8.63. The molecule has 1 N–H and O–H groups in total. The van der Waals surface area contributed by atoms with Crippen LogP contribution in [0, 0.1) is 12.8 Å². The van der Waals surface area contributed by atoms with Crippen LogP contribution < -0.4 is 14.8 Å². The van der Waals surface area contributed by atoms with E-state index in [1.807, 2.05) is 0 Å². The second kappa shape index (κ2) is 10.3. The minimum Gasteiger partial charge on any atom is -0.496 e. The van der Waals surface area contributed by atoms with Crippen molar-refractivity contribution in [3.05, 3.63) is 71.0 Å². The lowest BCUT2D eigenvalue weighted by Crippen LogP contribution is -2.14. The van der Waals surface area contributed by atoms with Gasteiger partial charge in [0, 0.05) is 42.8 Å². The number of benzene rings is 1. The fourth-order valence-electron chi connectivity index (χ4n) is 3.66. The number of aromatic nitrogens is 2. The zero-order valence-electron chi connectivity index (χ0n) is 19.7. The van der Waals surface area contributed by atoms with Crippen LogP contribution in [0.4, 0.5) is 19.0 Å². The third kappa shape index (κ3) is 6.38. The molecular formula is C26H24F3N3O4. The summed E-state index contributed by atoms with van der Waals surface area (Å²) in [4.78, 5) is 32.9. The number of nitrogens with zero attached hydrogens (tertiary/aromatic N) is 2. The number of anilines is 1. The fourth-order valence-corrected chi connectivity index (χ4v) is 3.66. The maximum atomic E-state index is 13.2. The van der Waals surface area contributed by atoms with E-state index in [0.717, 1.165) is 18.9 Å². The van der Waals surface area contributed by atoms with Gasteiger partial charge in [0.05, 0.1) is 12.7 Å². The summed E-state index contributed by atoms with van der Waals surface area (Å²) in [5.74, 6) is 0.585. The number of nitrogens with one attached hydrogen (secondary N) is 1. The Morgan fingerprint density at radius 3 is 2.47 bits per heavy atom. The van der Waals surface area contributed by atoms with Gasteiger partial charge in [-0.25, -0.2) is 9.97 Å². The number of methoxy groups -OCH3 is 1. The average Bonchev–Trinajstić information content (AvgIpc) is 3.66. The van der Waals surface area contributed by atoms with Crippen LogP contribution in [-0.4, -0.2) is 28.8 Å². The van der Waals surface area contributed by atoms with Crippen molar-refractivity contribution in [1.29, 1.82) is 0 Å². The Bertz CT molecular complexity index is 1290. The molecule has 0 radical (unpaired) electrons. The van der Waals surface area contributed by atoms with Crippen LogP contribution in [0.1, 0.15) is 35.1 Å². The zero-order chi connectivity index (χ0) is 25.9. The van der Waals surface area contributed by atoms with Gasteiger partial charge in [0.25, 0.3) is 0 Å². The van der Waals surface area contributed by atoms with Gasteiger partial charge in [-0.3, -0.25) is 9.59 Å². The maximum absolute atomic E-state index is 13.2. The zero-order valence-corrected chi connectivity index (χ0v) is 19.7. The molecule has 7 nitrogen and oxygen atoms in total. The lowest BCUT2D eigenvalue weighted by molar-refractivity contribution is -0.139. The van der Waals surface area contributed by atoms with E-state index < -0.39 is 11.7 Å². The second-order valence-electron chi connectivity index (χ2n) is 8.63. The molecule has 0 bridgehead atoms. The van der Waals surface area contributed by atoms with E-state index in [1.54, 1.807) is 25.1 Å². The van der Waals surface area contributed by atoms with Crippen molar-refractivity contribution in [3.63, 3.8) is 0 Å². The molecular weight excluding hydrogens is 475 g/mol. The highest BCUT2D eigenvalue weighted by molar-refractivity contribution is 5.93. The monoisotopic (exact) mass is 499 g/mol. The molecule has 0 aliphatic heterocycles. The van der Waals surface area contributed by atoms with Gasteiger partial charge >= 0.3 is 6.18 Å². The number of ether oxygens (including phenoxy) is 2. The van der Waals surface area contributed by atoms with Crippen LogP contribution >= 0.6 is 0 Å². The lowest BCUT2D eigenvalue weighted by Gasteiger charge is -2.13. The van der Waals surface area contributed by atoms with E-state index in [-0.39, 0.29) is 41.8 Å². The number of carbonyl (C=O) groups excluding carboxylic acids is 2. The van der Waals surface area contributed by atoms with Crippen LogP contribution in [0.25, 0.3) is 0 Å². The molecule has 0 atom stereocenters. The van der Waals surface area contributed by atoms with Crippen molar-refractivity contribution in [2.45, 2.75) is 38.8 Å². The largest absolute Gasteiger partial charge is 0.496 e. The maximum Gasteiger partial charge on any atom is 0.419 e. The Labute approximate surface area is 205 Å². The van der Waals surface area contributed by atoms with E-state index in [1.165, 1.54) is 31.6 Å². The van der Waals surface area contributed by atoms with Crippen LogP contribution in [-0.2, 0) is 28.6 Å². The van der Waals surface area contributed by atoms with Gasteiger partial charge in [-0.05, 0) is 55.2 Å². The molecule has 0 saturated heterocycles. The van der Waals surface area contributed by atoms with Crippen LogP contribution in [0.5, 0.6) is 17.4 Å². The van der Waals surface area contributed by atoms with Gasteiger partial charge in [0.15, 0.2) is 0 Å². The standard InChI is InChI=1S/C26H24F3N3O4/c1-15-9-17(11-19(33)10-16-3-6-22(35-2)21(12-16)26(27,28)29)14-31-25(15)36-20-7-8-30-23(13-20)32-24(34)18-4-5-18/h3,6-9,12-14,18H,4-5,10-11H2,1-2H3,(H,30,32,34). The predicted molar refractivity (Wildman–Crippen MR) is 125 cm³/mol. The molecule has 0 spiro atoms. The number of hydrogen-bond acceptors (Lipinski definition) is 6. The van der Waals surface area contributed by atoms with Crippen molar-refractivity contribution in [2.75, 3.05) is 12.4 Å². The van der Waals surface area contributed by atoms with Crippen molar-refractivity contribution in [2.24, 2.45) is 5.92 Å². The summed E-state index contributed by atoms with van der Waals surface area (Å²) >= 11 is 0. The normalized spacial score (nSPS) is 13.2. The van der Waals surface area contributed by atoms with Crippen LogP contribution in [0.3, 0.4) is 0 Å². The van der Waals surface area contributed by atoms with Gasteiger partial charge in [-0.1, -0.05) is 6.07 Å². The number of rotatable bonds is 9. The van der Waals surface area contributed by atoms with E-state index >= 15 is 0 Å². The Hall–Kier alpha value is -3.95. The Kier molecular flexibility index (Phi) is 7.23. The number of aryl methyl sites for hydroxylation is 1. The van der Waals surface area contributed by atoms with Crippen molar-refractivity contribution in [1.82, 2.24) is 9.97 Å². The molecule has 1 saturated carbocycles. The van der Waals surface area contributed by atoms with Crippen molar-refractivity contribution < 1.29 is 32.2 Å². The summed E-state index contributed by atoms with van der Waals surface area (Å²) < 4.78 is 50.3. The number of carbonyl (C=O) groups is 2. The first-order valence-corrected chi connectivity index (χ1v) is 11.3. The Morgan fingerprint density at radius 2 is 1.81 bits per heavy atom. The molecule has 0 unspecified atom stereocenters. The van der Waals surface area contributed by atoms with Crippen molar-refractivity contribution in [3.8, 4) is 17.4 Å². The molecule has 1 fully saturated rings. The van der Waals surface area contributed by atoms with Gasteiger partial charge in [0.2, 0.25) is 11.8 Å². The smallest absolute Gasteiger partial charge is 0.419 e. The predicted octanol–water partition coefficient (Wildman–Crippen LogP) is 5.31. The Balaban J connectivity index is 1.39. The van der Waals surface area contributed by atoms with Crippen molar-refractivity contribution >= 4 is 17.5 Å². The highest BCUT2D eigenvalue weighted by Gasteiger charge is 2.34. The van der Waals surface area contributed by atoms with Gasteiger partial charge in [0.1, 0.15) is 23.1 Å². The number of pyridine rings is 2. The minimum absolute atomic E-state index is 0.00804. The van der Waals surface area contributed by atoms with Crippen LogP contribution in [0.2, 0.25) is 0 Å². The van der Waals surface area contributed by atoms with Gasteiger partial charge in [-0.2, -0.15) is 13.2 Å². The summed E-state index contributed by atoms with van der Waals surface area (Å²) in [5.41, 5.74) is 0.617. The first kappa shape index (κ1) is 25.2. The SMILES string of the molecule is COc1ccc(CC(=O)Cc2cnc(Oc3ccnc(NC(=O)C4CC4)c3)c(C)c2)cc1C(F)(F)F. The summed E-state index contributed by atoms with van der Waals surface area (Å²) in [6.07, 6.45) is 0.0455. The highest BCUT2D eigenvalue weighted by atomic mass is 19.4. The molecule has 36 heavy (non-hydrogen) atoms. The van der Waals surface area contributed by atoms with E-state index in [2.05, 4.69) is 15.3 Å². The molecule has 2 heterocycles. The first-order valence-electron chi connectivity index (χ1n) is 11.3. The molecule has 4 rings (SSSR count). The number of alkyl halides is 3. The molecule has 2 aromatic heterocycles. The van der Waals surface area contributed by atoms with Gasteiger partial charge in [-0.15, -0.1) is 0 Å². The number of halogens is 3. The summed E-state index contributed by atoms with van der Waals surface area (Å²) in [6.45, 7) is 1.77.